The fraction of sp³-hybridized carbons (Fsp3) is 0.300. The van der Waals surface area contributed by atoms with E-state index in [-0.39, 0.29) is 0 Å². The number of hydrogen-bond acceptors (Lipinski definition) is 4. The number of esters is 1. The summed E-state index contributed by atoms with van der Waals surface area (Å²) in [6.07, 6.45) is 0. The van der Waals surface area contributed by atoms with Gasteiger partial charge in [0.25, 0.3) is 0 Å². The van der Waals surface area contributed by atoms with Gasteiger partial charge in [-0.05, 0) is 31.2 Å². The van der Waals surface area contributed by atoms with Crippen molar-refractivity contribution in [3.05, 3.63) is 24.3 Å². The predicted molar refractivity (Wildman–Crippen MR) is 50.3 cm³/mol. The van der Waals surface area contributed by atoms with Gasteiger partial charge in [-0.2, -0.15) is 0 Å². The Morgan fingerprint density at radius 1 is 1.29 bits per heavy atom. The molecule has 0 aliphatic carbocycles. The van der Waals surface area contributed by atoms with Crippen LogP contribution in [0.3, 0.4) is 0 Å². The number of benzene rings is 1. The van der Waals surface area contributed by atoms with Gasteiger partial charge in [0.05, 0.1) is 6.61 Å². The van der Waals surface area contributed by atoms with E-state index in [4.69, 9.17) is 14.6 Å². The number of hydrogen-bond donors (Lipinski definition) is 1. The summed E-state index contributed by atoms with van der Waals surface area (Å²) in [6, 6.07) is 6.62. The highest BCUT2D eigenvalue weighted by Crippen LogP contribution is 2.17. The Balaban J connectivity index is 2.59. The molecule has 0 amide bonds. The van der Waals surface area contributed by atoms with Crippen LogP contribution in [0.5, 0.6) is 11.5 Å². The first-order valence-electron chi connectivity index (χ1n) is 4.30. The van der Waals surface area contributed by atoms with Crippen molar-refractivity contribution < 1.29 is 19.4 Å². The van der Waals surface area contributed by atoms with Crippen molar-refractivity contribution >= 4 is 5.97 Å². The average Bonchev–Trinajstić information content (AvgIpc) is 2.21. The number of carbonyl (C=O) groups is 1. The number of aliphatic hydroxyl groups is 1. The van der Waals surface area contributed by atoms with Crippen LogP contribution in [0.25, 0.3) is 0 Å². The Hall–Kier alpha value is -1.55. The van der Waals surface area contributed by atoms with Gasteiger partial charge in [-0.3, -0.25) is 0 Å². The maximum atomic E-state index is 10.7. The van der Waals surface area contributed by atoms with E-state index in [0.29, 0.717) is 12.4 Å². The molecule has 0 aliphatic heterocycles. The summed E-state index contributed by atoms with van der Waals surface area (Å²) in [6.45, 7) is 1.86. The van der Waals surface area contributed by atoms with Gasteiger partial charge in [-0.25, -0.2) is 4.79 Å². The van der Waals surface area contributed by atoms with Gasteiger partial charge >= 0.3 is 5.97 Å². The molecule has 0 unspecified atom stereocenters. The maximum absolute atomic E-state index is 10.7. The summed E-state index contributed by atoms with van der Waals surface area (Å²) in [5.74, 6) is 0.443. The molecule has 1 rings (SSSR count). The molecule has 0 radical (unpaired) electrons. The first-order valence-corrected chi connectivity index (χ1v) is 4.30. The predicted octanol–water partition coefficient (Wildman–Crippen LogP) is 0.983. The molecule has 0 spiro atoms. The Morgan fingerprint density at radius 3 is 2.36 bits per heavy atom. The Labute approximate surface area is 82.1 Å². The molecule has 0 aromatic heterocycles. The van der Waals surface area contributed by atoms with E-state index in [0.717, 1.165) is 5.75 Å². The van der Waals surface area contributed by atoms with Gasteiger partial charge < -0.3 is 14.6 Å². The summed E-state index contributed by atoms with van der Waals surface area (Å²) in [4.78, 5) is 10.7. The van der Waals surface area contributed by atoms with Gasteiger partial charge in [0.2, 0.25) is 0 Å². The number of carbonyl (C=O) groups excluding carboxylic acids is 1. The fourth-order valence-corrected chi connectivity index (χ4v) is 0.934. The molecular formula is C10H12O4. The van der Waals surface area contributed by atoms with Crippen molar-refractivity contribution in [2.45, 2.75) is 6.92 Å². The lowest BCUT2D eigenvalue weighted by molar-refractivity contribution is -0.137. The van der Waals surface area contributed by atoms with Crippen LogP contribution in [0.4, 0.5) is 0 Å². The smallest absolute Gasteiger partial charge is 0.337 e. The van der Waals surface area contributed by atoms with Crippen molar-refractivity contribution in [1.82, 2.24) is 0 Å². The standard InChI is InChI=1S/C10H12O4/c1-2-13-8-3-5-9(6-4-8)14-10(12)7-11/h3-6,11H,2,7H2,1H3. The van der Waals surface area contributed by atoms with Gasteiger partial charge in [0.1, 0.15) is 18.1 Å². The molecule has 0 aliphatic rings. The summed E-state index contributed by atoms with van der Waals surface area (Å²) < 4.78 is 9.95. The van der Waals surface area contributed by atoms with E-state index in [1.165, 1.54) is 0 Å². The van der Waals surface area contributed by atoms with Crippen LogP contribution >= 0.6 is 0 Å². The molecule has 4 nitrogen and oxygen atoms in total. The maximum Gasteiger partial charge on any atom is 0.337 e. The molecule has 0 bridgehead atoms. The van der Waals surface area contributed by atoms with Crippen LogP contribution in [-0.2, 0) is 4.79 Å². The zero-order chi connectivity index (χ0) is 10.4. The lowest BCUT2D eigenvalue weighted by Gasteiger charge is -2.04. The van der Waals surface area contributed by atoms with E-state index in [9.17, 15) is 4.79 Å². The molecule has 1 aromatic carbocycles. The number of rotatable bonds is 4. The summed E-state index contributed by atoms with van der Waals surface area (Å²) in [5.41, 5.74) is 0. The molecule has 1 aromatic rings. The number of aliphatic hydroxyl groups excluding tert-OH is 1. The Bertz CT molecular complexity index is 291. The molecule has 0 fully saturated rings. The van der Waals surface area contributed by atoms with Crippen LogP contribution in [0.15, 0.2) is 24.3 Å². The quantitative estimate of drug-likeness (QED) is 0.576. The third kappa shape index (κ3) is 3.06. The molecule has 4 heteroatoms. The summed E-state index contributed by atoms with van der Waals surface area (Å²) in [7, 11) is 0. The van der Waals surface area contributed by atoms with Crippen LogP contribution < -0.4 is 9.47 Å². The monoisotopic (exact) mass is 196 g/mol. The second-order valence-electron chi connectivity index (χ2n) is 2.54. The largest absolute Gasteiger partial charge is 0.494 e. The van der Waals surface area contributed by atoms with Crippen LogP contribution in [0, 0.1) is 0 Å². The second-order valence-corrected chi connectivity index (χ2v) is 2.54. The van der Waals surface area contributed by atoms with Crippen LogP contribution in [0.1, 0.15) is 6.92 Å². The summed E-state index contributed by atoms with van der Waals surface area (Å²) in [5, 5.41) is 8.44. The van der Waals surface area contributed by atoms with Gasteiger partial charge in [-0.15, -0.1) is 0 Å². The minimum absolute atomic E-state index is 0.396. The molecule has 0 saturated heterocycles. The normalized spacial score (nSPS) is 9.57. The highest BCUT2D eigenvalue weighted by molar-refractivity contribution is 5.73. The first-order chi connectivity index (χ1) is 6.76. The highest BCUT2D eigenvalue weighted by Gasteiger charge is 2.01. The van der Waals surface area contributed by atoms with Crippen molar-refractivity contribution in [3.63, 3.8) is 0 Å². The molecule has 0 heterocycles. The van der Waals surface area contributed by atoms with Crippen LogP contribution in [0.2, 0.25) is 0 Å². The SMILES string of the molecule is CCOc1ccc(OC(=O)CO)cc1. The molecular weight excluding hydrogens is 184 g/mol. The Morgan fingerprint density at radius 2 is 1.86 bits per heavy atom. The minimum Gasteiger partial charge on any atom is -0.494 e. The van der Waals surface area contributed by atoms with Crippen LogP contribution in [-0.4, -0.2) is 24.3 Å². The third-order valence-electron chi connectivity index (χ3n) is 1.50. The fourth-order valence-electron chi connectivity index (χ4n) is 0.934. The average molecular weight is 196 g/mol. The highest BCUT2D eigenvalue weighted by atomic mass is 16.5. The van der Waals surface area contributed by atoms with Gasteiger partial charge in [0, 0.05) is 0 Å². The van der Waals surface area contributed by atoms with E-state index in [1.807, 2.05) is 6.92 Å². The zero-order valence-electron chi connectivity index (χ0n) is 7.90. The summed E-state index contributed by atoms with van der Waals surface area (Å²) >= 11 is 0. The second kappa shape index (κ2) is 5.24. The zero-order valence-corrected chi connectivity index (χ0v) is 7.90. The van der Waals surface area contributed by atoms with E-state index < -0.39 is 12.6 Å². The number of ether oxygens (including phenoxy) is 2. The first kappa shape index (κ1) is 10.5. The third-order valence-corrected chi connectivity index (χ3v) is 1.50. The minimum atomic E-state index is -0.672. The van der Waals surface area contributed by atoms with E-state index in [2.05, 4.69) is 0 Å². The Kier molecular flexibility index (Phi) is 3.94. The lowest BCUT2D eigenvalue weighted by Crippen LogP contribution is -2.11. The lowest BCUT2D eigenvalue weighted by atomic mass is 10.3. The molecule has 76 valence electrons. The van der Waals surface area contributed by atoms with Crippen molar-refractivity contribution in [2.75, 3.05) is 13.2 Å². The van der Waals surface area contributed by atoms with Crippen molar-refractivity contribution in [1.29, 1.82) is 0 Å². The topological polar surface area (TPSA) is 55.8 Å². The molecule has 0 atom stereocenters. The van der Waals surface area contributed by atoms with Gasteiger partial charge in [-0.1, -0.05) is 0 Å². The molecule has 1 N–H and O–H groups in total. The van der Waals surface area contributed by atoms with E-state index >= 15 is 0 Å². The molecule has 14 heavy (non-hydrogen) atoms. The molecule has 0 saturated carbocycles. The van der Waals surface area contributed by atoms with Gasteiger partial charge in [0.15, 0.2) is 0 Å². The van der Waals surface area contributed by atoms with Crippen molar-refractivity contribution in [2.24, 2.45) is 0 Å². The van der Waals surface area contributed by atoms with E-state index in [1.54, 1.807) is 24.3 Å². The van der Waals surface area contributed by atoms with Crippen molar-refractivity contribution in [3.8, 4) is 11.5 Å².